The van der Waals surface area contributed by atoms with Gasteiger partial charge in [0.2, 0.25) is 0 Å². The van der Waals surface area contributed by atoms with Crippen LogP contribution in [0.25, 0.3) is 0 Å². The third kappa shape index (κ3) is 3.54. The van der Waals surface area contributed by atoms with Gasteiger partial charge in [0, 0.05) is 37.3 Å². The minimum absolute atomic E-state index is 0.443. The van der Waals surface area contributed by atoms with E-state index in [1.165, 1.54) is 25.0 Å². The van der Waals surface area contributed by atoms with Gasteiger partial charge in [-0.3, -0.25) is 0 Å². The molecule has 1 aliphatic rings. The van der Waals surface area contributed by atoms with Crippen LogP contribution >= 0.6 is 0 Å². The molecular weight excluding hydrogens is 210 g/mol. The standard InChI is InChI=1S/C12H16F2N2/c13-10-2-1-9(12(14)7-10)8-15-5-6-16-11-3-4-11/h1-2,7,11,15-16H,3-6,8H2. The maximum Gasteiger partial charge on any atom is 0.130 e. The van der Waals surface area contributed by atoms with Crippen LogP contribution in [0.2, 0.25) is 0 Å². The molecule has 0 atom stereocenters. The molecule has 88 valence electrons. The summed E-state index contributed by atoms with van der Waals surface area (Å²) in [5.41, 5.74) is 0.507. The SMILES string of the molecule is Fc1ccc(CNCCNC2CC2)c(F)c1. The predicted octanol–water partition coefficient (Wildman–Crippen LogP) is 1.81. The van der Waals surface area contributed by atoms with E-state index in [0.717, 1.165) is 19.2 Å². The Morgan fingerprint density at radius 1 is 1.19 bits per heavy atom. The molecule has 0 unspecified atom stereocenters. The highest BCUT2D eigenvalue weighted by Gasteiger charge is 2.19. The van der Waals surface area contributed by atoms with Crippen molar-refractivity contribution in [1.29, 1.82) is 0 Å². The first-order chi connectivity index (χ1) is 7.75. The molecule has 0 aliphatic heterocycles. The molecule has 2 rings (SSSR count). The van der Waals surface area contributed by atoms with Gasteiger partial charge >= 0.3 is 0 Å². The summed E-state index contributed by atoms with van der Waals surface area (Å²) >= 11 is 0. The monoisotopic (exact) mass is 226 g/mol. The molecule has 0 saturated heterocycles. The van der Waals surface area contributed by atoms with Crippen LogP contribution in [0.1, 0.15) is 18.4 Å². The van der Waals surface area contributed by atoms with Crippen molar-refractivity contribution in [3.63, 3.8) is 0 Å². The smallest absolute Gasteiger partial charge is 0.130 e. The summed E-state index contributed by atoms with van der Waals surface area (Å²) in [5, 5.41) is 6.47. The van der Waals surface area contributed by atoms with Crippen molar-refractivity contribution in [1.82, 2.24) is 10.6 Å². The molecule has 1 fully saturated rings. The Hall–Kier alpha value is -1.00. The fourth-order valence-electron chi connectivity index (χ4n) is 1.54. The first-order valence-corrected chi connectivity index (χ1v) is 5.64. The summed E-state index contributed by atoms with van der Waals surface area (Å²) in [6.07, 6.45) is 2.54. The number of rotatable bonds is 6. The Balaban J connectivity index is 1.67. The fourth-order valence-corrected chi connectivity index (χ4v) is 1.54. The Kier molecular flexibility index (Phi) is 3.85. The van der Waals surface area contributed by atoms with Gasteiger partial charge in [-0.2, -0.15) is 0 Å². The van der Waals surface area contributed by atoms with Crippen LogP contribution in [0.15, 0.2) is 18.2 Å². The molecule has 2 N–H and O–H groups in total. The average molecular weight is 226 g/mol. The molecule has 1 aliphatic carbocycles. The summed E-state index contributed by atoms with van der Waals surface area (Å²) in [7, 11) is 0. The second-order valence-corrected chi connectivity index (χ2v) is 4.14. The fraction of sp³-hybridized carbons (Fsp3) is 0.500. The van der Waals surface area contributed by atoms with Crippen LogP contribution in [-0.2, 0) is 6.54 Å². The number of benzene rings is 1. The second kappa shape index (κ2) is 5.37. The summed E-state index contributed by atoms with van der Waals surface area (Å²) in [6, 6.07) is 4.37. The van der Waals surface area contributed by atoms with Crippen molar-refractivity contribution in [2.45, 2.75) is 25.4 Å². The van der Waals surface area contributed by atoms with E-state index in [4.69, 9.17) is 0 Å². The second-order valence-electron chi connectivity index (χ2n) is 4.14. The lowest BCUT2D eigenvalue weighted by atomic mass is 10.2. The molecule has 0 aromatic heterocycles. The van der Waals surface area contributed by atoms with Gasteiger partial charge < -0.3 is 10.6 Å². The zero-order chi connectivity index (χ0) is 11.4. The third-order valence-electron chi connectivity index (χ3n) is 2.64. The van der Waals surface area contributed by atoms with E-state index < -0.39 is 11.6 Å². The Morgan fingerprint density at radius 3 is 2.69 bits per heavy atom. The van der Waals surface area contributed by atoms with Crippen molar-refractivity contribution >= 4 is 0 Å². The van der Waals surface area contributed by atoms with E-state index in [0.29, 0.717) is 18.2 Å². The zero-order valence-corrected chi connectivity index (χ0v) is 9.10. The lowest BCUT2D eigenvalue weighted by Gasteiger charge is -2.06. The molecule has 0 radical (unpaired) electrons. The number of hydrogen-bond acceptors (Lipinski definition) is 2. The first-order valence-electron chi connectivity index (χ1n) is 5.64. The van der Waals surface area contributed by atoms with Crippen molar-refractivity contribution < 1.29 is 8.78 Å². The van der Waals surface area contributed by atoms with Crippen molar-refractivity contribution in [2.75, 3.05) is 13.1 Å². The quantitative estimate of drug-likeness (QED) is 0.723. The number of hydrogen-bond donors (Lipinski definition) is 2. The van der Waals surface area contributed by atoms with Crippen molar-refractivity contribution in [3.05, 3.63) is 35.4 Å². The van der Waals surface area contributed by atoms with Gasteiger partial charge in [-0.15, -0.1) is 0 Å². The van der Waals surface area contributed by atoms with Crippen LogP contribution in [0.5, 0.6) is 0 Å². The van der Waals surface area contributed by atoms with Crippen LogP contribution in [0.4, 0.5) is 8.78 Å². The maximum absolute atomic E-state index is 13.2. The van der Waals surface area contributed by atoms with Gasteiger partial charge in [-0.05, 0) is 18.9 Å². The zero-order valence-electron chi connectivity index (χ0n) is 9.10. The summed E-state index contributed by atoms with van der Waals surface area (Å²) in [4.78, 5) is 0. The molecule has 1 aromatic rings. The highest BCUT2D eigenvalue weighted by Crippen LogP contribution is 2.17. The molecule has 2 nitrogen and oxygen atoms in total. The first kappa shape index (κ1) is 11.5. The van der Waals surface area contributed by atoms with Gasteiger partial charge in [0.25, 0.3) is 0 Å². The Morgan fingerprint density at radius 2 is 2.00 bits per heavy atom. The van der Waals surface area contributed by atoms with Gasteiger partial charge in [0.05, 0.1) is 0 Å². The van der Waals surface area contributed by atoms with E-state index in [2.05, 4.69) is 10.6 Å². The topological polar surface area (TPSA) is 24.1 Å². The minimum atomic E-state index is -0.531. The summed E-state index contributed by atoms with van der Waals surface area (Å²) in [5.74, 6) is -1.01. The normalized spacial score (nSPS) is 15.4. The largest absolute Gasteiger partial charge is 0.313 e. The molecule has 0 bridgehead atoms. The van der Waals surface area contributed by atoms with Crippen LogP contribution in [0.3, 0.4) is 0 Å². The van der Waals surface area contributed by atoms with Gasteiger partial charge in [0.15, 0.2) is 0 Å². The summed E-state index contributed by atoms with van der Waals surface area (Å²) < 4.78 is 25.8. The lowest BCUT2D eigenvalue weighted by molar-refractivity contribution is 0.553. The molecule has 16 heavy (non-hydrogen) atoms. The molecule has 0 heterocycles. The van der Waals surface area contributed by atoms with E-state index in [1.54, 1.807) is 0 Å². The molecule has 1 saturated carbocycles. The number of nitrogens with one attached hydrogen (secondary N) is 2. The predicted molar refractivity (Wildman–Crippen MR) is 59.1 cm³/mol. The van der Waals surface area contributed by atoms with Crippen molar-refractivity contribution in [2.24, 2.45) is 0 Å². The molecule has 4 heteroatoms. The van der Waals surface area contributed by atoms with E-state index in [-0.39, 0.29) is 0 Å². The molecule has 0 amide bonds. The lowest BCUT2D eigenvalue weighted by Crippen LogP contribution is -2.28. The van der Waals surface area contributed by atoms with Crippen LogP contribution < -0.4 is 10.6 Å². The highest BCUT2D eigenvalue weighted by molar-refractivity contribution is 5.18. The van der Waals surface area contributed by atoms with E-state index in [9.17, 15) is 8.78 Å². The van der Waals surface area contributed by atoms with Gasteiger partial charge in [-0.1, -0.05) is 6.07 Å². The van der Waals surface area contributed by atoms with E-state index >= 15 is 0 Å². The Bertz CT molecular complexity index is 351. The molecule has 0 spiro atoms. The van der Waals surface area contributed by atoms with Crippen LogP contribution in [0, 0.1) is 11.6 Å². The third-order valence-corrected chi connectivity index (χ3v) is 2.64. The maximum atomic E-state index is 13.2. The minimum Gasteiger partial charge on any atom is -0.313 e. The van der Waals surface area contributed by atoms with Gasteiger partial charge in [0.1, 0.15) is 11.6 Å². The molecular formula is C12H16F2N2. The molecule has 1 aromatic carbocycles. The number of halogens is 2. The van der Waals surface area contributed by atoms with Gasteiger partial charge in [-0.25, -0.2) is 8.78 Å². The van der Waals surface area contributed by atoms with E-state index in [1.807, 2.05) is 0 Å². The highest BCUT2D eigenvalue weighted by atomic mass is 19.1. The summed E-state index contributed by atoms with van der Waals surface area (Å²) in [6.45, 7) is 2.14. The van der Waals surface area contributed by atoms with Crippen molar-refractivity contribution in [3.8, 4) is 0 Å². The Labute approximate surface area is 94.0 Å². The van der Waals surface area contributed by atoms with Crippen LogP contribution in [-0.4, -0.2) is 19.1 Å². The average Bonchev–Trinajstić information content (AvgIpc) is 3.04.